The number of nitrogens with one attached hydrogen (secondary N) is 2. The molecule has 0 spiro atoms. The van der Waals surface area contributed by atoms with Gasteiger partial charge in [0.05, 0.1) is 5.41 Å². The molecule has 1 aromatic heterocycles. The van der Waals surface area contributed by atoms with E-state index in [1.54, 1.807) is 6.20 Å². The number of fused-ring (bicyclic) bond motifs is 1. The molecule has 2 heterocycles. The molecule has 0 aliphatic carbocycles. The Morgan fingerprint density at radius 1 is 1.45 bits per heavy atom. The molecule has 1 unspecified atom stereocenters. The Bertz CT molecular complexity index is 627. The van der Waals surface area contributed by atoms with Crippen LogP contribution in [0.4, 0.5) is 5.69 Å². The molecule has 2 N–H and O–H groups in total. The van der Waals surface area contributed by atoms with Crippen LogP contribution in [-0.2, 0) is 4.79 Å². The molecule has 104 valence electrons. The summed E-state index contributed by atoms with van der Waals surface area (Å²) in [6.45, 7) is 3.77. The van der Waals surface area contributed by atoms with Crippen molar-refractivity contribution in [2.75, 3.05) is 18.4 Å². The number of carbonyl (C=O) groups excluding carboxylic acids is 1. The summed E-state index contributed by atoms with van der Waals surface area (Å²) in [5.74, 6) is 0.120. The fourth-order valence-electron chi connectivity index (χ4n) is 2.89. The molecule has 2 aromatic rings. The number of hydrogen-bond donors (Lipinski definition) is 2. The highest BCUT2D eigenvalue weighted by atomic mass is 16.2. The molecule has 0 radical (unpaired) electrons. The second kappa shape index (κ2) is 5.21. The second-order valence-electron chi connectivity index (χ2n) is 5.42. The summed E-state index contributed by atoms with van der Waals surface area (Å²) in [5, 5.41) is 8.49. The number of rotatable bonds is 3. The van der Waals surface area contributed by atoms with Crippen molar-refractivity contribution in [3.8, 4) is 0 Å². The highest BCUT2D eigenvalue weighted by Gasteiger charge is 2.39. The van der Waals surface area contributed by atoms with Crippen molar-refractivity contribution in [1.82, 2.24) is 10.3 Å². The largest absolute Gasteiger partial charge is 0.325 e. The number of benzene rings is 1. The van der Waals surface area contributed by atoms with Crippen LogP contribution in [0.5, 0.6) is 0 Å². The fraction of sp³-hybridized carbons (Fsp3) is 0.375. The topological polar surface area (TPSA) is 54.0 Å². The molecule has 0 saturated carbocycles. The van der Waals surface area contributed by atoms with Gasteiger partial charge in [-0.15, -0.1) is 0 Å². The summed E-state index contributed by atoms with van der Waals surface area (Å²) in [4.78, 5) is 16.8. The summed E-state index contributed by atoms with van der Waals surface area (Å²) >= 11 is 0. The van der Waals surface area contributed by atoms with Gasteiger partial charge in [0.1, 0.15) is 0 Å². The molecule has 1 aliphatic heterocycles. The van der Waals surface area contributed by atoms with Gasteiger partial charge < -0.3 is 10.6 Å². The summed E-state index contributed by atoms with van der Waals surface area (Å²) in [6.07, 6.45) is 5.34. The minimum atomic E-state index is -0.269. The number of pyridine rings is 1. The Hall–Kier alpha value is -1.94. The highest BCUT2D eigenvalue weighted by molar-refractivity contribution is 6.03. The number of carbonyl (C=O) groups is 1. The van der Waals surface area contributed by atoms with Gasteiger partial charge in [-0.1, -0.05) is 19.1 Å². The molecule has 20 heavy (non-hydrogen) atoms. The van der Waals surface area contributed by atoms with E-state index < -0.39 is 0 Å². The third-order valence-corrected chi connectivity index (χ3v) is 4.33. The van der Waals surface area contributed by atoms with Crippen molar-refractivity contribution in [3.63, 3.8) is 0 Å². The number of hydrogen-bond acceptors (Lipinski definition) is 3. The number of anilines is 1. The van der Waals surface area contributed by atoms with Crippen LogP contribution in [0, 0.1) is 5.41 Å². The van der Waals surface area contributed by atoms with Gasteiger partial charge in [0.2, 0.25) is 5.91 Å². The lowest BCUT2D eigenvalue weighted by Crippen LogP contribution is -2.37. The van der Waals surface area contributed by atoms with Crippen molar-refractivity contribution in [1.29, 1.82) is 0 Å². The summed E-state index contributed by atoms with van der Waals surface area (Å²) in [7, 11) is 0. The van der Waals surface area contributed by atoms with Gasteiger partial charge in [-0.25, -0.2) is 0 Å². The van der Waals surface area contributed by atoms with Gasteiger partial charge in [0, 0.05) is 35.4 Å². The van der Waals surface area contributed by atoms with Gasteiger partial charge in [-0.3, -0.25) is 9.78 Å². The van der Waals surface area contributed by atoms with Gasteiger partial charge in [-0.05, 0) is 31.5 Å². The zero-order chi connectivity index (χ0) is 14.0. The number of aromatic nitrogens is 1. The molecule has 1 aromatic carbocycles. The first-order valence-corrected chi connectivity index (χ1v) is 7.10. The minimum Gasteiger partial charge on any atom is -0.325 e. The van der Waals surface area contributed by atoms with Crippen molar-refractivity contribution in [2.45, 2.75) is 19.8 Å². The molecule has 1 aliphatic rings. The Morgan fingerprint density at radius 2 is 2.35 bits per heavy atom. The van der Waals surface area contributed by atoms with Gasteiger partial charge in [0.15, 0.2) is 0 Å². The molecule has 3 rings (SSSR count). The van der Waals surface area contributed by atoms with Crippen LogP contribution in [0.15, 0.2) is 36.7 Å². The second-order valence-corrected chi connectivity index (χ2v) is 5.42. The van der Waals surface area contributed by atoms with E-state index in [9.17, 15) is 4.79 Å². The van der Waals surface area contributed by atoms with E-state index >= 15 is 0 Å². The van der Waals surface area contributed by atoms with Gasteiger partial charge >= 0.3 is 0 Å². The molecule has 1 amide bonds. The van der Waals surface area contributed by atoms with E-state index in [0.717, 1.165) is 42.4 Å². The number of amides is 1. The van der Waals surface area contributed by atoms with Crippen molar-refractivity contribution >= 4 is 22.4 Å². The molecular formula is C16H19N3O. The molecule has 1 atom stereocenters. The maximum absolute atomic E-state index is 12.6. The predicted molar refractivity (Wildman–Crippen MR) is 80.6 cm³/mol. The van der Waals surface area contributed by atoms with Crippen LogP contribution in [0.2, 0.25) is 0 Å². The molecule has 1 fully saturated rings. The summed E-state index contributed by atoms with van der Waals surface area (Å²) in [6, 6.07) is 7.85. The number of nitrogens with zero attached hydrogens (tertiary/aromatic N) is 1. The molecule has 4 nitrogen and oxygen atoms in total. The first-order chi connectivity index (χ1) is 9.75. The average Bonchev–Trinajstić information content (AvgIpc) is 2.98. The maximum atomic E-state index is 12.6. The van der Waals surface area contributed by atoms with Crippen LogP contribution in [0.1, 0.15) is 19.8 Å². The Morgan fingerprint density at radius 3 is 3.10 bits per heavy atom. The summed E-state index contributed by atoms with van der Waals surface area (Å²) in [5.41, 5.74) is 0.601. The van der Waals surface area contributed by atoms with Crippen molar-refractivity contribution in [3.05, 3.63) is 36.7 Å². The van der Waals surface area contributed by atoms with E-state index in [2.05, 4.69) is 22.5 Å². The molecular weight excluding hydrogens is 250 g/mol. The maximum Gasteiger partial charge on any atom is 0.231 e. The quantitative estimate of drug-likeness (QED) is 0.900. The average molecular weight is 269 g/mol. The first-order valence-electron chi connectivity index (χ1n) is 7.10. The predicted octanol–water partition coefficient (Wildman–Crippen LogP) is 2.56. The van der Waals surface area contributed by atoms with Crippen LogP contribution < -0.4 is 10.6 Å². The monoisotopic (exact) mass is 269 g/mol. The fourth-order valence-corrected chi connectivity index (χ4v) is 2.89. The highest BCUT2D eigenvalue weighted by Crippen LogP contribution is 2.32. The van der Waals surface area contributed by atoms with E-state index in [-0.39, 0.29) is 11.3 Å². The lowest BCUT2D eigenvalue weighted by molar-refractivity contribution is -0.124. The standard InChI is InChI=1S/C16H19N3O/c1-2-16(7-9-18-11-16)15(20)19-14-5-3-4-12-10-17-8-6-13(12)14/h3-6,8,10,18H,2,7,9,11H2,1H3,(H,19,20). The third kappa shape index (κ3) is 2.16. The Balaban J connectivity index is 1.91. The lowest BCUT2D eigenvalue weighted by Gasteiger charge is -2.25. The third-order valence-electron chi connectivity index (χ3n) is 4.33. The van der Waals surface area contributed by atoms with Crippen LogP contribution >= 0.6 is 0 Å². The Labute approximate surface area is 118 Å². The van der Waals surface area contributed by atoms with Crippen LogP contribution in [-0.4, -0.2) is 24.0 Å². The van der Waals surface area contributed by atoms with Gasteiger partial charge in [0.25, 0.3) is 0 Å². The lowest BCUT2D eigenvalue weighted by atomic mass is 9.83. The first kappa shape index (κ1) is 13.1. The van der Waals surface area contributed by atoms with Crippen LogP contribution in [0.25, 0.3) is 10.8 Å². The Kier molecular flexibility index (Phi) is 3.40. The van der Waals surface area contributed by atoms with Crippen molar-refractivity contribution in [2.24, 2.45) is 5.41 Å². The molecule has 1 saturated heterocycles. The van der Waals surface area contributed by atoms with Crippen molar-refractivity contribution < 1.29 is 4.79 Å². The normalized spacial score (nSPS) is 22.1. The smallest absolute Gasteiger partial charge is 0.231 e. The summed E-state index contributed by atoms with van der Waals surface area (Å²) < 4.78 is 0. The van der Waals surface area contributed by atoms with E-state index in [1.807, 2.05) is 30.5 Å². The molecule has 0 bridgehead atoms. The van der Waals surface area contributed by atoms with E-state index in [0.29, 0.717) is 0 Å². The SMILES string of the molecule is CCC1(C(=O)Nc2cccc3cnccc23)CCNC1. The van der Waals surface area contributed by atoms with E-state index in [1.165, 1.54) is 0 Å². The minimum absolute atomic E-state index is 0.120. The zero-order valence-electron chi connectivity index (χ0n) is 11.6. The molecule has 4 heteroatoms. The van der Waals surface area contributed by atoms with E-state index in [4.69, 9.17) is 0 Å². The van der Waals surface area contributed by atoms with Gasteiger partial charge in [-0.2, -0.15) is 0 Å². The zero-order valence-corrected chi connectivity index (χ0v) is 11.6. The van der Waals surface area contributed by atoms with Crippen LogP contribution in [0.3, 0.4) is 0 Å².